The monoisotopic (exact) mass is 287 g/mol. The molecule has 6 nitrogen and oxygen atoms in total. The van der Waals surface area contributed by atoms with Crippen LogP contribution in [0.4, 0.5) is 11.6 Å². The van der Waals surface area contributed by atoms with Gasteiger partial charge in [-0.05, 0) is 6.07 Å². The molecule has 2 aromatic heterocycles. The lowest BCUT2D eigenvalue weighted by Crippen LogP contribution is -2.08. The Morgan fingerprint density at radius 1 is 1.33 bits per heavy atom. The van der Waals surface area contributed by atoms with Gasteiger partial charge in [-0.1, -0.05) is 28.4 Å². The molecule has 2 heterocycles. The number of hydrogen-bond acceptors (Lipinski definition) is 6. The van der Waals surface area contributed by atoms with Crippen molar-refractivity contribution >= 4 is 34.8 Å². The summed E-state index contributed by atoms with van der Waals surface area (Å²) in [6.07, 6.45) is 0.595. The van der Waals surface area contributed by atoms with E-state index in [1.807, 2.05) is 0 Å². The number of aromatic nitrogens is 3. The van der Waals surface area contributed by atoms with E-state index < -0.39 is 0 Å². The number of nitrogens with two attached hydrogens (primary N) is 1. The second-order valence-corrected chi connectivity index (χ2v) is 4.41. The number of hydrogen-bond donors (Lipinski definition) is 2. The van der Waals surface area contributed by atoms with Crippen LogP contribution in [-0.2, 0) is 6.42 Å². The lowest BCUT2D eigenvalue weighted by molar-refractivity contribution is 0.387. The van der Waals surface area contributed by atoms with E-state index >= 15 is 0 Å². The molecule has 0 radical (unpaired) electrons. The third-order valence-electron chi connectivity index (χ3n) is 2.17. The highest BCUT2D eigenvalue weighted by Crippen LogP contribution is 2.27. The van der Waals surface area contributed by atoms with E-state index in [-0.39, 0.29) is 5.82 Å². The molecule has 2 rings (SSSR count). The Labute approximate surface area is 113 Å². The molecule has 0 aliphatic rings. The van der Waals surface area contributed by atoms with E-state index in [9.17, 15) is 0 Å². The summed E-state index contributed by atoms with van der Waals surface area (Å²) in [5.41, 5.74) is 5.59. The highest BCUT2D eigenvalue weighted by atomic mass is 35.5. The van der Waals surface area contributed by atoms with Gasteiger partial charge in [-0.15, -0.1) is 0 Å². The van der Waals surface area contributed by atoms with Crippen LogP contribution in [0.1, 0.15) is 11.7 Å². The summed E-state index contributed by atoms with van der Waals surface area (Å²) in [5, 5.41) is 7.56. The van der Waals surface area contributed by atoms with Gasteiger partial charge in [0, 0.05) is 19.9 Å². The first-order valence-corrected chi connectivity index (χ1v) is 5.96. The number of pyridine rings is 1. The molecule has 0 atom stereocenters. The maximum atomic E-state index is 5.97. The van der Waals surface area contributed by atoms with Crippen molar-refractivity contribution in [2.45, 2.75) is 13.3 Å². The van der Waals surface area contributed by atoms with E-state index in [0.29, 0.717) is 40.5 Å². The Hall–Kier alpha value is -1.53. The number of nitrogens with one attached hydrogen (secondary N) is 1. The van der Waals surface area contributed by atoms with Crippen LogP contribution in [-0.4, -0.2) is 21.7 Å². The Kier molecular flexibility index (Phi) is 3.88. The average Bonchev–Trinajstić information content (AvgIpc) is 2.71. The minimum atomic E-state index is 0.235. The Morgan fingerprint density at radius 3 is 2.78 bits per heavy atom. The SMILES string of the molecule is Cc1nc(CCNc2nc(N)c(Cl)cc2Cl)no1. The first kappa shape index (κ1) is 12.9. The summed E-state index contributed by atoms with van der Waals surface area (Å²) in [4.78, 5) is 8.13. The largest absolute Gasteiger partial charge is 0.382 e. The van der Waals surface area contributed by atoms with Crippen LogP contribution in [0.3, 0.4) is 0 Å². The summed E-state index contributed by atoms with van der Waals surface area (Å²) < 4.78 is 4.86. The third kappa shape index (κ3) is 3.02. The predicted molar refractivity (Wildman–Crippen MR) is 69.9 cm³/mol. The van der Waals surface area contributed by atoms with Crippen LogP contribution < -0.4 is 11.1 Å². The van der Waals surface area contributed by atoms with Gasteiger partial charge in [-0.25, -0.2) is 4.98 Å². The summed E-state index contributed by atoms with van der Waals surface area (Å²) >= 11 is 11.8. The van der Waals surface area contributed by atoms with E-state index in [0.717, 1.165) is 0 Å². The average molecular weight is 288 g/mol. The smallest absolute Gasteiger partial charge is 0.223 e. The van der Waals surface area contributed by atoms with Crippen molar-refractivity contribution in [3.8, 4) is 0 Å². The molecule has 0 aliphatic carbocycles. The van der Waals surface area contributed by atoms with Gasteiger partial charge >= 0.3 is 0 Å². The van der Waals surface area contributed by atoms with Crippen LogP contribution in [0, 0.1) is 6.92 Å². The fraction of sp³-hybridized carbons (Fsp3) is 0.300. The van der Waals surface area contributed by atoms with Crippen molar-refractivity contribution in [1.29, 1.82) is 0 Å². The van der Waals surface area contributed by atoms with Crippen molar-refractivity contribution < 1.29 is 4.52 Å². The topological polar surface area (TPSA) is 89.9 Å². The van der Waals surface area contributed by atoms with Gasteiger partial charge in [-0.3, -0.25) is 0 Å². The standard InChI is InChI=1S/C10H11Cl2N5O/c1-5-15-8(17-18-5)2-3-14-10-7(12)4-6(11)9(13)16-10/h4H,2-3H2,1H3,(H3,13,14,16). The number of aryl methyl sites for hydroxylation is 1. The zero-order valence-electron chi connectivity index (χ0n) is 9.57. The fourth-order valence-corrected chi connectivity index (χ4v) is 1.77. The highest BCUT2D eigenvalue weighted by molar-refractivity contribution is 6.37. The second-order valence-electron chi connectivity index (χ2n) is 3.59. The van der Waals surface area contributed by atoms with Crippen LogP contribution >= 0.6 is 23.2 Å². The van der Waals surface area contributed by atoms with Crippen LogP contribution in [0.25, 0.3) is 0 Å². The molecule has 2 aromatic rings. The summed E-state index contributed by atoms with van der Waals surface area (Å²) in [7, 11) is 0. The third-order valence-corrected chi connectivity index (χ3v) is 2.76. The minimum Gasteiger partial charge on any atom is -0.382 e. The minimum absolute atomic E-state index is 0.235. The normalized spacial score (nSPS) is 10.6. The van der Waals surface area contributed by atoms with Gasteiger partial charge in [0.2, 0.25) is 5.89 Å². The molecule has 0 bridgehead atoms. The summed E-state index contributed by atoms with van der Waals surface area (Å²) in [5.74, 6) is 1.88. The van der Waals surface area contributed by atoms with Crippen molar-refractivity contribution in [2.24, 2.45) is 0 Å². The Bertz CT molecular complexity index is 557. The van der Waals surface area contributed by atoms with Crippen LogP contribution in [0.15, 0.2) is 10.6 Å². The molecule has 8 heteroatoms. The molecule has 96 valence electrons. The molecule has 18 heavy (non-hydrogen) atoms. The number of nitrogen functional groups attached to an aromatic ring is 1. The zero-order valence-corrected chi connectivity index (χ0v) is 11.1. The highest BCUT2D eigenvalue weighted by Gasteiger charge is 2.07. The zero-order chi connectivity index (χ0) is 13.1. The molecule has 3 N–H and O–H groups in total. The number of anilines is 2. The van der Waals surface area contributed by atoms with E-state index in [1.54, 1.807) is 13.0 Å². The van der Waals surface area contributed by atoms with Crippen molar-refractivity contribution in [2.75, 3.05) is 17.6 Å². The van der Waals surface area contributed by atoms with Crippen LogP contribution in [0.5, 0.6) is 0 Å². The molecule has 0 aliphatic heterocycles. The lowest BCUT2D eigenvalue weighted by Gasteiger charge is -2.07. The molecule has 0 saturated heterocycles. The quantitative estimate of drug-likeness (QED) is 0.897. The van der Waals surface area contributed by atoms with E-state index in [2.05, 4.69) is 20.4 Å². The number of halogens is 2. The molecular weight excluding hydrogens is 277 g/mol. The van der Waals surface area contributed by atoms with Gasteiger partial charge in [0.25, 0.3) is 0 Å². The second kappa shape index (κ2) is 5.41. The van der Waals surface area contributed by atoms with Gasteiger partial charge in [0.1, 0.15) is 11.6 Å². The molecular formula is C10H11Cl2N5O. The Balaban J connectivity index is 1.96. The maximum absolute atomic E-state index is 5.97. The van der Waals surface area contributed by atoms with Crippen molar-refractivity contribution in [3.63, 3.8) is 0 Å². The first-order valence-electron chi connectivity index (χ1n) is 5.21. The molecule has 0 aromatic carbocycles. The van der Waals surface area contributed by atoms with Gasteiger partial charge in [0.15, 0.2) is 5.82 Å². The summed E-state index contributed by atoms with van der Waals surface area (Å²) in [6, 6.07) is 1.55. The predicted octanol–water partition coefficient (Wildman–Crippen LogP) is 2.32. The fourth-order valence-electron chi connectivity index (χ4n) is 1.34. The van der Waals surface area contributed by atoms with Gasteiger partial charge in [0.05, 0.1) is 10.0 Å². The Morgan fingerprint density at radius 2 is 2.11 bits per heavy atom. The molecule has 0 fully saturated rings. The van der Waals surface area contributed by atoms with E-state index in [1.165, 1.54) is 0 Å². The van der Waals surface area contributed by atoms with Gasteiger partial charge in [-0.2, -0.15) is 4.98 Å². The van der Waals surface area contributed by atoms with Crippen molar-refractivity contribution in [1.82, 2.24) is 15.1 Å². The van der Waals surface area contributed by atoms with Crippen LogP contribution in [0.2, 0.25) is 10.0 Å². The molecule has 0 spiro atoms. The lowest BCUT2D eigenvalue weighted by atomic mass is 10.4. The number of nitrogens with zero attached hydrogens (tertiary/aromatic N) is 3. The molecule has 0 saturated carbocycles. The first-order chi connectivity index (χ1) is 8.56. The van der Waals surface area contributed by atoms with Gasteiger partial charge < -0.3 is 15.6 Å². The number of rotatable bonds is 4. The van der Waals surface area contributed by atoms with E-state index in [4.69, 9.17) is 33.5 Å². The molecule has 0 amide bonds. The maximum Gasteiger partial charge on any atom is 0.223 e. The van der Waals surface area contributed by atoms with Crippen molar-refractivity contribution in [3.05, 3.63) is 27.8 Å². The molecule has 0 unspecified atom stereocenters. The summed E-state index contributed by atoms with van der Waals surface area (Å²) in [6.45, 7) is 2.30.